The first-order chi connectivity index (χ1) is 8.90. The number of hydrogen-bond donors (Lipinski definition) is 0. The Kier molecular flexibility index (Phi) is 4.18. The van der Waals surface area contributed by atoms with E-state index in [0.717, 1.165) is 5.82 Å². The lowest BCUT2D eigenvalue weighted by Gasteiger charge is -2.08. The summed E-state index contributed by atoms with van der Waals surface area (Å²) in [5.74, 6) is 0.719. The van der Waals surface area contributed by atoms with Gasteiger partial charge in [0.05, 0.1) is 15.7 Å². The van der Waals surface area contributed by atoms with Crippen LogP contribution in [0.3, 0.4) is 0 Å². The first-order valence-electron chi connectivity index (χ1n) is 5.56. The lowest BCUT2D eigenvalue weighted by Crippen LogP contribution is -2.14. The van der Waals surface area contributed by atoms with E-state index in [-0.39, 0.29) is 15.7 Å². The van der Waals surface area contributed by atoms with Gasteiger partial charge in [0, 0.05) is 24.0 Å². The molecule has 0 saturated carbocycles. The Balaban J connectivity index is 2.23. The van der Waals surface area contributed by atoms with Gasteiger partial charge in [-0.25, -0.2) is 13.4 Å². The molecule has 0 amide bonds. The molecular formula is C12H12Cl2N2O2S. The monoisotopic (exact) mass is 318 g/mol. The summed E-state index contributed by atoms with van der Waals surface area (Å²) in [6.07, 6.45) is 3.37. The van der Waals surface area contributed by atoms with Crippen molar-refractivity contribution in [3.8, 4) is 0 Å². The van der Waals surface area contributed by atoms with E-state index in [1.807, 2.05) is 6.92 Å². The molecule has 0 unspecified atom stereocenters. The van der Waals surface area contributed by atoms with Crippen molar-refractivity contribution >= 4 is 33.0 Å². The predicted octanol–water partition coefficient (Wildman–Crippen LogP) is 2.97. The number of halogens is 2. The highest BCUT2D eigenvalue weighted by molar-refractivity contribution is 7.91. The van der Waals surface area contributed by atoms with E-state index < -0.39 is 9.84 Å². The molecule has 1 heterocycles. The third-order valence-electron chi connectivity index (χ3n) is 2.75. The van der Waals surface area contributed by atoms with Gasteiger partial charge in [-0.1, -0.05) is 23.2 Å². The minimum Gasteiger partial charge on any atom is -0.334 e. The van der Waals surface area contributed by atoms with Crippen LogP contribution in [0.1, 0.15) is 5.82 Å². The zero-order chi connectivity index (χ0) is 14.0. The van der Waals surface area contributed by atoms with Crippen molar-refractivity contribution in [3.05, 3.63) is 46.5 Å². The average Bonchev–Trinajstić information content (AvgIpc) is 2.75. The normalized spacial score (nSPS) is 11.7. The number of aryl methyl sites for hydroxylation is 2. The van der Waals surface area contributed by atoms with Crippen LogP contribution in [0.2, 0.25) is 10.0 Å². The summed E-state index contributed by atoms with van der Waals surface area (Å²) in [5, 5.41) is 0.536. The number of hydrogen-bond acceptors (Lipinski definition) is 3. The zero-order valence-electron chi connectivity index (χ0n) is 10.2. The van der Waals surface area contributed by atoms with Crippen molar-refractivity contribution in [2.24, 2.45) is 0 Å². The van der Waals surface area contributed by atoms with Crippen molar-refractivity contribution in [3.63, 3.8) is 0 Å². The van der Waals surface area contributed by atoms with Gasteiger partial charge in [-0.05, 0) is 25.1 Å². The van der Waals surface area contributed by atoms with Crippen LogP contribution >= 0.6 is 23.2 Å². The van der Waals surface area contributed by atoms with Crippen LogP contribution in [0.4, 0.5) is 0 Å². The van der Waals surface area contributed by atoms with E-state index >= 15 is 0 Å². The molecule has 1 aromatic heterocycles. The second-order valence-corrected chi connectivity index (χ2v) is 6.98. The van der Waals surface area contributed by atoms with E-state index in [9.17, 15) is 8.42 Å². The minimum absolute atomic E-state index is 0.0513. The highest BCUT2D eigenvalue weighted by atomic mass is 35.5. The van der Waals surface area contributed by atoms with Gasteiger partial charge >= 0.3 is 0 Å². The molecule has 0 aliphatic carbocycles. The SMILES string of the molecule is Cc1nccn1CCS(=O)(=O)c1cc(Cl)ccc1Cl. The van der Waals surface area contributed by atoms with Crippen LogP contribution in [-0.4, -0.2) is 23.7 Å². The lowest BCUT2D eigenvalue weighted by atomic mass is 10.4. The Hall–Kier alpha value is -1.04. The van der Waals surface area contributed by atoms with Crippen LogP contribution in [0.25, 0.3) is 0 Å². The third-order valence-corrected chi connectivity index (χ3v) is 5.16. The third kappa shape index (κ3) is 3.29. The molecule has 0 bridgehead atoms. The van der Waals surface area contributed by atoms with E-state index in [1.165, 1.54) is 12.1 Å². The van der Waals surface area contributed by atoms with Gasteiger partial charge < -0.3 is 4.57 Å². The highest BCUT2D eigenvalue weighted by Crippen LogP contribution is 2.26. The molecule has 0 aliphatic heterocycles. The van der Waals surface area contributed by atoms with Gasteiger partial charge in [0.25, 0.3) is 0 Å². The van der Waals surface area contributed by atoms with Gasteiger partial charge in [-0.2, -0.15) is 0 Å². The molecule has 7 heteroatoms. The number of aromatic nitrogens is 2. The van der Waals surface area contributed by atoms with Crippen LogP contribution in [0.5, 0.6) is 0 Å². The quantitative estimate of drug-likeness (QED) is 0.870. The molecular weight excluding hydrogens is 307 g/mol. The molecule has 1 aromatic carbocycles. The maximum atomic E-state index is 12.2. The first-order valence-corrected chi connectivity index (χ1v) is 7.96. The Bertz CT molecular complexity index is 696. The molecule has 0 atom stereocenters. The molecule has 0 saturated heterocycles. The van der Waals surface area contributed by atoms with Gasteiger partial charge in [-0.15, -0.1) is 0 Å². The summed E-state index contributed by atoms with van der Waals surface area (Å²) >= 11 is 11.7. The van der Waals surface area contributed by atoms with Crippen LogP contribution in [-0.2, 0) is 16.4 Å². The van der Waals surface area contributed by atoms with Crippen molar-refractivity contribution in [2.45, 2.75) is 18.4 Å². The smallest absolute Gasteiger partial charge is 0.181 e. The Labute approximate surface area is 121 Å². The van der Waals surface area contributed by atoms with Gasteiger partial charge in [0.1, 0.15) is 5.82 Å². The Morgan fingerprint density at radius 1 is 1.32 bits per heavy atom. The van der Waals surface area contributed by atoms with Crippen LogP contribution in [0, 0.1) is 6.92 Å². The fourth-order valence-corrected chi connectivity index (χ4v) is 3.72. The van der Waals surface area contributed by atoms with E-state index in [1.54, 1.807) is 23.0 Å². The molecule has 102 valence electrons. The number of sulfone groups is 1. The second kappa shape index (κ2) is 5.53. The van der Waals surface area contributed by atoms with Gasteiger partial charge in [0.15, 0.2) is 9.84 Å². The summed E-state index contributed by atoms with van der Waals surface area (Å²) in [6, 6.07) is 4.42. The fourth-order valence-electron chi connectivity index (χ4n) is 1.68. The molecule has 4 nitrogen and oxygen atoms in total. The predicted molar refractivity (Wildman–Crippen MR) is 75.5 cm³/mol. The summed E-state index contributed by atoms with van der Waals surface area (Å²) in [6.45, 7) is 2.15. The number of imidazole rings is 1. The number of rotatable bonds is 4. The molecule has 0 radical (unpaired) electrons. The first kappa shape index (κ1) is 14.4. The molecule has 0 N–H and O–H groups in total. The van der Waals surface area contributed by atoms with Crippen molar-refractivity contribution in [2.75, 3.05) is 5.75 Å². The molecule has 2 aromatic rings. The van der Waals surface area contributed by atoms with E-state index in [2.05, 4.69) is 4.98 Å². The average molecular weight is 319 g/mol. The largest absolute Gasteiger partial charge is 0.334 e. The summed E-state index contributed by atoms with van der Waals surface area (Å²) < 4.78 is 26.2. The summed E-state index contributed by atoms with van der Waals surface area (Å²) in [5.41, 5.74) is 0. The topological polar surface area (TPSA) is 52.0 Å². The fraction of sp³-hybridized carbons (Fsp3) is 0.250. The van der Waals surface area contributed by atoms with Crippen molar-refractivity contribution in [1.82, 2.24) is 9.55 Å². The van der Waals surface area contributed by atoms with E-state index in [4.69, 9.17) is 23.2 Å². The maximum Gasteiger partial charge on any atom is 0.181 e. The Morgan fingerprint density at radius 2 is 2.05 bits per heavy atom. The summed E-state index contributed by atoms with van der Waals surface area (Å²) in [7, 11) is -3.47. The van der Waals surface area contributed by atoms with Crippen molar-refractivity contribution < 1.29 is 8.42 Å². The minimum atomic E-state index is -3.47. The second-order valence-electron chi connectivity index (χ2n) is 4.06. The number of benzene rings is 1. The highest BCUT2D eigenvalue weighted by Gasteiger charge is 2.18. The standard InChI is InChI=1S/C12H12Cl2N2O2S/c1-9-15-4-5-16(9)6-7-19(17,18)12-8-10(13)2-3-11(12)14/h2-5,8H,6-7H2,1H3. The molecule has 0 spiro atoms. The lowest BCUT2D eigenvalue weighted by molar-refractivity contribution is 0.587. The van der Waals surface area contributed by atoms with Crippen LogP contribution < -0.4 is 0 Å². The molecule has 0 aliphatic rings. The van der Waals surface area contributed by atoms with Gasteiger partial charge in [0.2, 0.25) is 0 Å². The molecule has 2 rings (SSSR count). The molecule has 19 heavy (non-hydrogen) atoms. The van der Waals surface area contributed by atoms with Gasteiger partial charge in [-0.3, -0.25) is 0 Å². The van der Waals surface area contributed by atoms with Crippen LogP contribution in [0.15, 0.2) is 35.5 Å². The Morgan fingerprint density at radius 3 is 2.68 bits per heavy atom. The van der Waals surface area contributed by atoms with E-state index in [0.29, 0.717) is 11.6 Å². The summed E-state index contributed by atoms with van der Waals surface area (Å²) in [4.78, 5) is 4.11. The van der Waals surface area contributed by atoms with Crippen molar-refractivity contribution in [1.29, 1.82) is 0 Å². The maximum absolute atomic E-state index is 12.2. The number of nitrogens with zero attached hydrogens (tertiary/aromatic N) is 2. The zero-order valence-corrected chi connectivity index (χ0v) is 12.5. The molecule has 0 fully saturated rings.